The zero-order chi connectivity index (χ0) is 8.77. The molecule has 2 aliphatic rings. The highest BCUT2D eigenvalue weighted by molar-refractivity contribution is 5.71. The molecule has 12 heavy (non-hydrogen) atoms. The molecule has 0 aliphatic carbocycles. The van der Waals surface area contributed by atoms with Crippen molar-refractivity contribution in [2.75, 3.05) is 6.61 Å². The van der Waals surface area contributed by atoms with Crippen LogP contribution in [0.2, 0.25) is 0 Å². The summed E-state index contributed by atoms with van der Waals surface area (Å²) in [7, 11) is 0. The summed E-state index contributed by atoms with van der Waals surface area (Å²) in [6, 6.07) is 0. The van der Waals surface area contributed by atoms with Gasteiger partial charge in [0.1, 0.15) is 18.8 Å². The molecule has 0 aromatic heterocycles. The highest BCUT2D eigenvalue weighted by Crippen LogP contribution is 2.32. The number of carbonyl (C=O) groups is 1. The summed E-state index contributed by atoms with van der Waals surface area (Å²) in [5.74, 6) is -0.763. The van der Waals surface area contributed by atoms with Gasteiger partial charge in [-0.15, -0.1) is 0 Å². The third kappa shape index (κ3) is 1.32. The SMILES string of the molecule is CC1(C)O[C@H]2CC(=O)OC[C@H]2O1. The average molecular weight is 172 g/mol. The van der Waals surface area contributed by atoms with Gasteiger partial charge in [-0.05, 0) is 13.8 Å². The first kappa shape index (κ1) is 8.01. The fourth-order valence-electron chi connectivity index (χ4n) is 1.62. The first-order valence-electron chi connectivity index (χ1n) is 4.08. The van der Waals surface area contributed by atoms with Crippen LogP contribution in [0.5, 0.6) is 0 Å². The molecule has 4 nitrogen and oxygen atoms in total. The van der Waals surface area contributed by atoms with Crippen molar-refractivity contribution in [1.29, 1.82) is 0 Å². The summed E-state index contributed by atoms with van der Waals surface area (Å²) in [6.07, 6.45) is 0.132. The number of hydrogen-bond acceptors (Lipinski definition) is 4. The number of hydrogen-bond donors (Lipinski definition) is 0. The molecule has 0 aromatic rings. The molecule has 2 rings (SSSR count). The number of esters is 1. The molecule has 68 valence electrons. The van der Waals surface area contributed by atoms with Crippen LogP contribution in [-0.2, 0) is 19.0 Å². The van der Waals surface area contributed by atoms with Crippen LogP contribution in [0, 0.1) is 0 Å². The van der Waals surface area contributed by atoms with E-state index in [1.54, 1.807) is 0 Å². The largest absolute Gasteiger partial charge is 0.463 e. The van der Waals surface area contributed by atoms with E-state index < -0.39 is 5.79 Å². The molecule has 0 unspecified atom stereocenters. The van der Waals surface area contributed by atoms with Crippen molar-refractivity contribution in [2.24, 2.45) is 0 Å². The fraction of sp³-hybridized carbons (Fsp3) is 0.875. The number of cyclic esters (lactones) is 1. The third-order valence-corrected chi connectivity index (χ3v) is 2.06. The van der Waals surface area contributed by atoms with Crippen LogP contribution >= 0.6 is 0 Å². The van der Waals surface area contributed by atoms with Gasteiger partial charge in [-0.25, -0.2) is 0 Å². The first-order chi connectivity index (χ1) is 5.57. The zero-order valence-electron chi connectivity index (χ0n) is 7.20. The van der Waals surface area contributed by atoms with Crippen LogP contribution < -0.4 is 0 Å². The van der Waals surface area contributed by atoms with Gasteiger partial charge in [0.25, 0.3) is 0 Å². The van der Waals surface area contributed by atoms with E-state index >= 15 is 0 Å². The maximum absolute atomic E-state index is 10.9. The lowest BCUT2D eigenvalue weighted by molar-refractivity contribution is -0.155. The zero-order valence-corrected chi connectivity index (χ0v) is 7.20. The maximum atomic E-state index is 10.9. The molecule has 0 N–H and O–H groups in total. The second kappa shape index (κ2) is 2.44. The van der Waals surface area contributed by atoms with Crippen LogP contribution in [0.15, 0.2) is 0 Å². The summed E-state index contributed by atoms with van der Waals surface area (Å²) >= 11 is 0. The lowest BCUT2D eigenvalue weighted by Gasteiger charge is -2.21. The minimum absolute atomic E-state index is 0.0716. The Kier molecular flexibility index (Phi) is 1.63. The summed E-state index contributed by atoms with van der Waals surface area (Å²) in [5.41, 5.74) is 0. The van der Waals surface area contributed by atoms with Gasteiger partial charge in [-0.1, -0.05) is 0 Å². The van der Waals surface area contributed by atoms with Crippen LogP contribution in [0.25, 0.3) is 0 Å². The molecule has 2 fully saturated rings. The van der Waals surface area contributed by atoms with Crippen molar-refractivity contribution in [1.82, 2.24) is 0 Å². The Balaban J connectivity index is 2.07. The Morgan fingerprint density at radius 1 is 1.33 bits per heavy atom. The second-order valence-corrected chi connectivity index (χ2v) is 3.60. The standard InChI is InChI=1S/C8H12O4/c1-8(2)11-5-3-7(9)10-4-6(5)12-8/h5-6H,3-4H2,1-2H3/t5-,6+/m0/s1. The van der Waals surface area contributed by atoms with Gasteiger partial charge in [-0.2, -0.15) is 0 Å². The molecule has 2 saturated heterocycles. The molecule has 2 heterocycles. The summed E-state index contributed by atoms with van der Waals surface area (Å²) < 4.78 is 15.8. The van der Waals surface area contributed by atoms with Gasteiger partial charge in [0.05, 0.1) is 6.42 Å². The van der Waals surface area contributed by atoms with E-state index in [-0.39, 0.29) is 18.2 Å². The van der Waals surface area contributed by atoms with Crippen molar-refractivity contribution in [3.63, 3.8) is 0 Å². The van der Waals surface area contributed by atoms with Gasteiger partial charge in [0.15, 0.2) is 5.79 Å². The van der Waals surface area contributed by atoms with Crippen molar-refractivity contribution in [2.45, 2.75) is 38.3 Å². The molecule has 0 aromatic carbocycles. The van der Waals surface area contributed by atoms with Gasteiger partial charge in [0, 0.05) is 0 Å². The maximum Gasteiger partial charge on any atom is 0.308 e. The normalized spacial score (nSPS) is 39.0. The molecule has 2 aliphatic heterocycles. The van der Waals surface area contributed by atoms with E-state index in [1.807, 2.05) is 13.8 Å². The molecule has 0 radical (unpaired) electrons. The Labute approximate surface area is 70.8 Å². The summed E-state index contributed by atoms with van der Waals surface area (Å²) in [5, 5.41) is 0. The van der Waals surface area contributed by atoms with Gasteiger partial charge in [-0.3, -0.25) is 4.79 Å². The van der Waals surface area contributed by atoms with E-state index in [2.05, 4.69) is 0 Å². The predicted octanol–water partition coefficient (Wildman–Crippen LogP) is 0.453. The Hall–Kier alpha value is -0.610. The quantitative estimate of drug-likeness (QED) is 0.498. The van der Waals surface area contributed by atoms with Crippen LogP contribution in [-0.4, -0.2) is 30.6 Å². The molecule has 0 amide bonds. The molecule has 4 heteroatoms. The second-order valence-electron chi connectivity index (χ2n) is 3.60. The number of fused-ring (bicyclic) bond motifs is 1. The molecule has 0 bridgehead atoms. The molecule has 0 spiro atoms. The van der Waals surface area contributed by atoms with E-state index in [0.29, 0.717) is 13.0 Å². The molecular weight excluding hydrogens is 160 g/mol. The lowest BCUT2D eigenvalue weighted by atomic mass is 10.1. The van der Waals surface area contributed by atoms with Crippen molar-refractivity contribution < 1.29 is 19.0 Å². The van der Waals surface area contributed by atoms with Crippen LogP contribution in [0.3, 0.4) is 0 Å². The smallest absolute Gasteiger partial charge is 0.308 e. The average Bonchev–Trinajstić information content (AvgIpc) is 2.21. The number of ether oxygens (including phenoxy) is 3. The summed E-state index contributed by atoms with van der Waals surface area (Å²) in [6.45, 7) is 4.01. The predicted molar refractivity (Wildman–Crippen MR) is 39.4 cm³/mol. The Bertz CT molecular complexity index is 211. The van der Waals surface area contributed by atoms with E-state index in [1.165, 1.54) is 0 Å². The van der Waals surface area contributed by atoms with Gasteiger partial charge >= 0.3 is 5.97 Å². The number of rotatable bonds is 0. The molecular formula is C8H12O4. The van der Waals surface area contributed by atoms with E-state index in [0.717, 1.165) is 0 Å². The highest BCUT2D eigenvalue weighted by atomic mass is 16.8. The minimum atomic E-state index is -0.566. The van der Waals surface area contributed by atoms with Gasteiger partial charge < -0.3 is 14.2 Å². The summed E-state index contributed by atoms with van der Waals surface area (Å²) in [4.78, 5) is 10.9. The fourth-order valence-corrected chi connectivity index (χ4v) is 1.62. The van der Waals surface area contributed by atoms with Crippen molar-refractivity contribution in [3.05, 3.63) is 0 Å². The van der Waals surface area contributed by atoms with Crippen molar-refractivity contribution >= 4 is 5.97 Å². The Morgan fingerprint density at radius 2 is 2.00 bits per heavy atom. The third-order valence-electron chi connectivity index (χ3n) is 2.06. The molecule has 0 saturated carbocycles. The topological polar surface area (TPSA) is 44.8 Å². The van der Waals surface area contributed by atoms with E-state index in [9.17, 15) is 4.79 Å². The van der Waals surface area contributed by atoms with E-state index in [4.69, 9.17) is 14.2 Å². The van der Waals surface area contributed by atoms with Crippen molar-refractivity contribution in [3.8, 4) is 0 Å². The lowest BCUT2D eigenvalue weighted by Crippen LogP contribution is -2.36. The minimum Gasteiger partial charge on any atom is -0.463 e. The molecule has 2 atom stereocenters. The monoisotopic (exact) mass is 172 g/mol. The first-order valence-corrected chi connectivity index (χ1v) is 4.08. The van der Waals surface area contributed by atoms with Gasteiger partial charge in [0.2, 0.25) is 0 Å². The van der Waals surface area contributed by atoms with Crippen LogP contribution in [0.4, 0.5) is 0 Å². The van der Waals surface area contributed by atoms with Crippen LogP contribution in [0.1, 0.15) is 20.3 Å². The number of carbonyl (C=O) groups excluding carboxylic acids is 1. The Morgan fingerprint density at radius 3 is 2.75 bits per heavy atom. The highest BCUT2D eigenvalue weighted by Gasteiger charge is 2.45.